The summed E-state index contributed by atoms with van der Waals surface area (Å²) in [6.07, 6.45) is 0. The molecule has 0 atom stereocenters. The van der Waals surface area contributed by atoms with Crippen LogP contribution in [0.3, 0.4) is 0 Å². The molecule has 130 valence electrons. The van der Waals surface area contributed by atoms with E-state index in [0.717, 1.165) is 0 Å². The first-order chi connectivity index (χ1) is 13.0. The number of hydrogen-bond donors (Lipinski definition) is 2. The SMILES string of the molecule is Nc1c2c(c3nc4ccc(Cl)cc4cc3c1O)C(=O)c1ccccc1C2=O. The van der Waals surface area contributed by atoms with Crippen LogP contribution in [-0.4, -0.2) is 21.7 Å². The lowest BCUT2D eigenvalue weighted by Gasteiger charge is -2.21. The monoisotopic (exact) mass is 374 g/mol. The van der Waals surface area contributed by atoms with E-state index in [1.165, 1.54) is 0 Å². The molecule has 0 fully saturated rings. The Bertz CT molecular complexity index is 1340. The normalized spacial score (nSPS) is 13.1. The van der Waals surface area contributed by atoms with E-state index in [1.54, 1.807) is 48.5 Å². The van der Waals surface area contributed by atoms with Crippen LogP contribution < -0.4 is 5.73 Å². The summed E-state index contributed by atoms with van der Waals surface area (Å²) < 4.78 is 0. The first kappa shape index (κ1) is 15.8. The van der Waals surface area contributed by atoms with E-state index in [1.807, 2.05) is 0 Å². The van der Waals surface area contributed by atoms with Crippen LogP contribution in [0.2, 0.25) is 5.02 Å². The highest BCUT2D eigenvalue weighted by atomic mass is 35.5. The number of aromatic hydroxyl groups is 1. The number of aromatic nitrogens is 1. The van der Waals surface area contributed by atoms with Gasteiger partial charge in [0, 0.05) is 26.9 Å². The van der Waals surface area contributed by atoms with Gasteiger partial charge >= 0.3 is 0 Å². The molecule has 1 aliphatic carbocycles. The Labute approximate surface area is 158 Å². The third-order valence-corrected chi connectivity index (χ3v) is 5.15. The van der Waals surface area contributed by atoms with Crippen molar-refractivity contribution in [3.63, 3.8) is 0 Å². The number of phenols is 1. The fourth-order valence-corrected chi connectivity index (χ4v) is 3.82. The van der Waals surface area contributed by atoms with Crippen molar-refractivity contribution in [2.75, 3.05) is 5.73 Å². The van der Waals surface area contributed by atoms with Crippen LogP contribution in [0.25, 0.3) is 21.8 Å². The molecule has 3 N–H and O–H groups in total. The number of nitrogen functional groups attached to an aromatic ring is 1. The lowest BCUT2D eigenvalue weighted by molar-refractivity contribution is 0.0980. The van der Waals surface area contributed by atoms with Gasteiger partial charge < -0.3 is 10.8 Å². The van der Waals surface area contributed by atoms with Crippen molar-refractivity contribution in [2.45, 2.75) is 0 Å². The zero-order chi connectivity index (χ0) is 18.9. The van der Waals surface area contributed by atoms with Crippen LogP contribution in [-0.2, 0) is 0 Å². The van der Waals surface area contributed by atoms with Crippen molar-refractivity contribution in [1.82, 2.24) is 4.98 Å². The van der Waals surface area contributed by atoms with Crippen LogP contribution in [0.4, 0.5) is 5.69 Å². The van der Waals surface area contributed by atoms with Gasteiger partial charge in [0.2, 0.25) is 0 Å². The summed E-state index contributed by atoms with van der Waals surface area (Å²) in [6.45, 7) is 0. The summed E-state index contributed by atoms with van der Waals surface area (Å²) in [5.74, 6) is -0.996. The second-order valence-corrected chi connectivity index (χ2v) is 6.87. The number of fused-ring (bicyclic) bond motifs is 5. The standard InChI is InChI=1S/C21H11ClN2O3/c22-10-5-6-14-9(7-10)8-13-18(24-14)16-15(17(23)21(13)27)19(25)11-3-1-2-4-12(11)20(16)26/h1-8,27H,23H2. The lowest BCUT2D eigenvalue weighted by Crippen LogP contribution is -2.23. The van der Waals surface area contributed by atoms with E-state index in [2.05, 4.69) is 4.98 Å². The van der Waals surface area contributed by atoms with Gasteiger partial charge in [-0.1, -0.05) is 35.9 Å². The Morgan fingerprint density at radius 2 is 1.59 bits per heavy atom. The van der Waals surface area contributed by atoms with Crippen LogP contribution in [0.5, 0.6) is 5.75 Å². The molecule has 0 aliphatic heterocycles. The van der Waals surface area contributed by atoms with Gasteiger partial charge in [-0.2, -0.15) is 0 Å². The molecule has 0 spiro atoms. The highest BCUT2D eigenvalue weighted by Crippen LogP contribution is 2.42. The second-order valence-electron chi connectivity index (χ2n) is 6.44. The van der Waals surface area contributed by atoms with Crippen molar-refractivity contribution in [3.8, 4) is 5.75 Å². The zero-order valence-corrected chi connectivity index (χ0v) is 14.5. The van der Waals surface area contributed by atoms with E-state index in [9.17, 15) is 14.7 Å². The molecule has 5 nitrogen and oxygen atoms in total. The molecule has 1 aliphatic rings. The maximum Gasteiger partial charge on any atom is 0.196 e. The number of pyridine rings is 1. The predicted octanol–water partition coefficient (Wildman–Crippen LogP) is 4.10. The molecule has 0 radical (unpaired) electrons. The lowest BCUT2D eigenvalue weighted by atomic mass is 9.81. The molecule has 0 unspecified atom stereocenters. The van der Waals surface area contributed by atoms with Gasteiger partial charge in [0.1, 0.15) is 5.75 Å². The van der Waals surface area contributed by atoms with Gasteiger partial charge in [-0.15, -0.1) is 0 Å². The molecule has 6 heteroatoms. The number of phenolic OH excluding ortho intramolecular Hbond substituents is 1. The number of hydrogen-bond acceptors (Lipinski definition) is 5. The topological polar surface area (TPSA) is 93.3 Å². The third-order valence-electron chi connectivity index (χ3n) is 4.91. The molecule has 0 saturated carbocycles. The number of carbonyl (C=O) groups excluding carboxylic acids is 2. The minimum atomic E-state index is -0.395. The predicted molar refractivity (Wildman–Crippen MR) is 104 cm³/mol. The van der Waals surface area contributed by atoms with Gasteiger partial charge in [-0.05, 0) is 24.3 Å². The second kappa shape index (κ2) is 5.28. The number of rotatable bonds is 0. The maximum atomic E-state index is 13.2. The summed E-state index contributed by atoms with van der Waals surface area (Å²) in [5.41, 5.74) is 7.51. The highest BCUT2D eigenvalue weighted by Gasteiger charge is 2.35. The molecule has 1 aromatic heterocycles. The largest absolute Gasteiger partial charge is 0.505 e. The highest BCUT2D eigenvalue weighted by molar-refractivity contribution is 6.34. The Morgan fingerprint density at radius 1 is 0.926 bits per heavy atom. The molecule has 5 rings (SSSR count). The maximum absolute atomic E-state index is 13.2. The van der Waals surface area contributed by atoms with Gasteiger partial charge in [0.05, 0.1) is 27.8 Å². The summed E-state index contributed by atoms with van der Waals surface area (Å²) in [7, 11) is 0. The summed E-state index contributed by atoms with van der Waals surface area (Å²) in [6, 6.07) is 13.4. The van der Waals surface area contributed by atoms with Gasteiger partial charge in [0.25, 0.3) is 0 Å². The number of halogens is 1. The first-order valence-corrected chi connectivity index (χ1v) is 8.58. The fraction of sp³-hybridized carbons (Fsp3) is 0. The van der Waals surface area contributed by atoms with Crippen molar-refractivity contribution < 1.29 is 14.7 Å². The van der Waals surface area contributed by atoms with Gasteiger partial charge in [0.15, 0.2) is 11.6 Å². The minimum absolute atomic E-state index is 0.00418. The van der Waals surface area contributed by atoms with Crippen molar-refractivity contribution in [2.24, 2.45) is 0 Å². The van der Waals surface area contributed by atoms with Crippen LogP contribution in [0, 0.1) is 0 Å². The zero-order valence-electron chi connectivity index (χ0n) is 13.8. The molecule has 27 heavy (non-hydrogen) atoms. The number of carbonyl (C=O) groups is 2. The van der Waals surface area contributed by atoms with Gasteiger partial charge in [-0.25, -0.2) is 4.98 Å². The molecule has 0 amide bonds. The van der Waals surface area contributed by atoms with Crippen LogP contribution in [0.15, 0.2) is 48.5 Å². The Morgan fingerprint density at radius 3 is 2.30 bits per heavy atom. The van der Waals surface area contributed by atoms with E-state index in [4.69, 9.17) is 17.3 Å². The number of benzene rings is 3. The number of nitrogens with two attached hydrogens (primary N) is 1. The number of anilines is 1. The van der Waals surface area contributed by atoms with E-state index in [0.29, 0.717) is 26.9 Å². The molecule has 0 saturated heterocycles. The van der Waals surface area contributed by atoms with Crippen LogP contribution >= 0.6 is 11.6 Å². The molecule has 3 aromatic carbocycles. The smallest absolute Gasteiger partial charge is 0.196 e. The molecular weight excluding hydrogens is 364 g/mol. The first-order valence-electron chi connectivity index (χ1n) is 8.20. The Balaban J connectivity index is 1.97. The van der Waals surface area contributed by atoms with Crippen molar-refractivity contribution in [3.05, 3.63) is 75.8 Å². The fourth-order valence-electron chi connectivity index (χ4n) is 3.64. The minimum Gasteiger partial charge on any atom is -0.505 e. The van der Waals surface area contributed by atoms with Crippen molar-refractivity contribution >= 4 is 50.7 Å². The Hall–Kier alpha value is -3.44. The van der Waals surface area contributed by atoms with Crippen molar-refractivity contribution in [1.29, 1.82) is 0 Å². The molecule has 1 heterocycles. The summed E-state index contributed by atoms with van der Waals surface area (Å²) >= 11 is 6.04. The summed E-state index contributed by atoms with van der Waals surface area (Å²) in [5, 5.41) is 12.2. The average molecular weight is 375 g/mol. The van der Waals surface area contributed by atoms with E-state index in [-0.39, 0.29) is 39.4 Å². The third kappa shape index (κ3) is 2.03. The quantitative estimate of drug-likeness (QED) is 0.242. The van der Waals surface area contributed by atoms with E-state index < -0.39 is 5.78 Å². The number of ketones is 2. The Kier molecular flexibility index (Phi) is 3.09. The van der Waals surface area contributed by atoms with Crippen LogP contribution in [0.1, 0.15) is 31.8 Å². The van der Waals surface area contributed by atoms with Gasteiger partial charge in [-0.3, -0.25) is 9.59 Å². The number of nitrogens with zero attached hydrogens (tertiary/aromatic N) is 1. The van der Waals surface area contributed by atoms with E-state index >= 15 is 0 Å². The average Bonchev–Trinajstić information content (AvgIpc) is 2.68. The summed E-state index contributed by atoms with van der Waals surface area (Å²) in [4.78, 5) is 30.7. The molecule has 0 bridgehead atoms. The molecule has 4 aromatic rings. The molecular formula is C21H11ClN2O3.